The Balaban J connectivity index is 1.61. The number of hydrogen-bond donors (Lipinski definition) is 1. The standard InChI is InChI=1S/C11H12N4S/c1-2-6-12-9(3-1)7-16-11-13-10(14-15-11)8-4-5-8/h1-3,6,8H,4-5,7H2,(H,13,14,15). The van der Waals surface area contributed by atoms with E-state index in [4.69, 9.17) is 0 Å². The van der Waals surface area contributed by atoms with Crippen LogP contribution in [-0.2, 0) is 5.75 Å². The second kappa shape index (κ2) is 4.25. The summed E-state index contributed by atoms with van der Waals surface area (Å²) in [5.41, 5.74) is 1.06. The number of thioether (sulfide) groups is 1. The molecule has 0 unspecified atom stereocenters. The molecule has 1 fully saturated rings. The average molecular weight is 232 g/mol. The summed E-state index contributed by atoms with van der Waals surface area (Å²) in [5, 5.41) is 8.02. The number of hydrogen-bond acceptors (Lipinski definition) is 4. The maximum Gasteiger partial charge on any atom is 0.208 e. The Bertz CT molecular complexity index is 464. The summed E-state index contributed by atoms with van der Waals surface area (Å²) in [4.78, 5) is 8.72. The molecule has 0 radical (unpaired) electrons. The zero-order valence-corrected chi connectivity index (χ0v) is 9.57. The van der Waals surface area contributed by atoms with Crippen molar-refractivity contribution >= 4 is 11.8 Å². The van der Waals surface area contributed by atoms with E-state index in [0.29, 0.717) is 5.92 Å². The van der Waals surface area contributed by atoms with Gasteiger partial charge in [-0.15, -0.1) is 5.10 Å². The summed E-state index contributed by atoms with van der Waals surface area (Å²) in [6, 6.07) is 5.93. The van der Waals surface area contributed by atoms with E-state index in [1.54, 1.807) is 11.8 Å². The Kier molecular flexibility index (Phi) is 2.61. The lowest BCUT2D eigenvalue weighted by Crippen LogP contribution is -1.85. The minimum absolute atomic E-state index is 0.636. The van der Waals surface area contributed by atoms with Crippen LogP contribution in [0, 0.1) is 0 Å². The molecule has 2 heterocycles. The monoisotopic (exact) mass is 232 g/mol. The van der Waals surface area contributed by atoms with E-state index < -0.39 is 0 Å². The maximum atomic E-state index is 4.46. The fraction of sp³-hybridized carbons (Fsp3) is 0.364. The quantitative estimate of drug-likeness (QED) is 0.822. The molecule has 82 valence electrons. The van der Waals surface area contributed by atoms with Gasteiger partial charge < -0.3 is 0 Å². The van der Waals surface area contributed by atoms with Crippen LogP contribution in [-0.4, -0.2) is 20.2 Å². The van der Waals surface area contributed by atoms with Crippen LogP contribution in [0.25, 0.3) is 0 Å². The van der Waals surface area contributed by atoms with Crippen LogP contribution in [0.4, 0.5) is 0 Å². The summed E-state index contributed by atoms with van der Waals surface area (Å²) in [7, 11) is 0. The maximum absolute atomic E-state index is 4.46. The van der Waals surface area contributed by atoms with Crippen molar-refractivity contribution in [2.75, 3.05) is 0 Å². The molecule has 1 saturated carbocycles. The average Bonchev–Trinajstić information content (AvgIpc) is 3.08. The Morgan fingerprint density at radius 3 is 3.06 bits per heavy atom. The second-order valence-corrected chi connectivity index (χ2v) is 4.83. The second-order valence-electron chi connectivity index (χ2n) is 3.89. The van der Waals surface area contributed by atoms with Crippen LogP contribution in [0.5, 0.6) is 0 Å². The SMILES string of the molecule is c1ccc(CSc2n[nH]c(C3CC3)n2)nc1. The first-order valence-electron chi connectivity index (χ1n) is 5.37. The van der Waals surface area contributed by atoms with Gasteiger partial charge >= 0.3 is 0 Å². The van der Waals surface area contributed by atoms with Gasteiger partial charge in [0.2, 0.25) is 5.16 Å². The van der Waals surface area contributed by atoms with E-state index in [0.717, 1.165) is 22.4 Å². The van der Waals surface area contributed by atoms with E-state index in [1.807, 2.05) is 24.4 Å². The van der Waals surface area contributed by atoms with E-state index in [1.165, 1.54) is 12.8 Å². The largest absolute Gasteiger partial charge is 0.262 e. The third-order valence-electron chi connectivity index (χ3n) is 2.52. The predicted molar refractivity (Wildman–Crippen MR) is 62.2 cm³/mol. The molecule has 0 bridgehead atoms. The predicted octanol–water partition coefficient (Wildman–Crippen LogP) is 2.37. The van der Waals surface area contributed by atoms with E-state index in [9.17, 15) is 0 Å². The molecular formula is C11H12N4S. The normalized spacial score (nSPS) is 15.2. The van der Waals surface area contributed by atoms with Gasteiger partial charge in [-0.25, -0.2) is 4.98 Å². The smallest absolute Gasteiger partial charge is 0.208 e. The highest BCUT2D eigenvalue weighted by molar-refractivity contribution is 7.98. The molecule has 0 aromatic carbocycles. The number of rotatable bonds is 4. The van der Waals surface area contributed by atoms with Gasteiger partial charge in [0.05, 0.1) is 5.69 Å². The molecule has 3 rings (SSSR count). The van der Waals surface area contributed by atoms with Crippen LogP contribution in [0.3, 0.4) is 0 Å². The topological polar surface area (TPSA) is 54.5 Å². The molecule has 0 saturated heterocycles. The minimum atomic E-state index is 0.636. The summed E-state index contributed by atoms with van der Waals surface area (Å²) in [5.74, 6) is 2.50. The molecular weight excluding hydrogens is 220 g/mol. The number of H-pyrrole nitrogens is 1. The lowest BCUT2D eigenvalue weighted by Gasteiger charge is -1.95. The summed E-state index contributed by atoms with van der Waals surface area (Å²) in [6.07, 6.45) is 4.31. The van der Waals surface area contributed by atoms with Crippen LogP contribution in [0.1, 0.15) is 30.3 Å². The number of aromatic nitrogens is 4. The summed E-state index contributed by atoms with van der Waals surface area (Å²) < 4.78 is 0. The minimum Gasteiger partial charge on any atom is -0.262 e. The first kappa shape index (κ1) is 9.84. The number of nitrogens with zero attached hydrogens (tertiary/aromatic N) is 3. The van der Waals surface area contributed by atoms with Crippen molar-refractivity contribution < 1.29 is 0 Å². The Morgan fingerprint density at radius 2 is 2.31 bits per heavy atom. The van der Waals surface area contributed by atoms with Gasteiger partial charge in [-0.2, -0.15) is 0 Å². The van der Waals surface area contributed by atoms with E-state index in [2.05, 4.69) is 20.2 Å². The first-order chi connectivity index (χ1) is 7.92. The van der Waals surface area contributed by atoms with Gasteiger partial charge in [0.25, 0.3) is 0 Å². The third kappa shape index (κ3) is 2.24. The highest BCUT2D eigenvalue weighted by atomic mass is 32.2. The van der Waals surface area contributed by atoms with E-state index >= 15 is 0 Å². The van der Waals surface area contributed by atoms with Crippen LogP contribution >= 0.6 is 11.8 Å². The molecule has 1 aliphatic carbocycles. The van der Waals surface area contributed by atoms with Gasteiger partial charge in [-0.3, -0.25) is 10.1 Å². The fourth-order valence-corrected chi connectivity index (χ4v) is 2.20. The van der Waals surface area contributed by atoms with Crippen molar-refractivity contribution in [3.05, 3.63) is 35.9 Å². The molecule has 2 aromatic rings. The molecule has 4 nitrogen and oxygen atoms in total. The van der Waals surface area contributed by atoms with Gasteiger partial charge in [-0.05, 0) is 25.0 Å². The number of pyridine rings is 1. The Hall–Kier alpha value is -1.36. The molecule has 0 aliphatic heterocycles. The van der Waals surface area contributed by atoms with Crippen molar-refractivity contribution in [1.82, 2.24) is 20.2 Å². The molecule has 2 aromatic heterocycles. The van der Waals surface area contributed by atoms with Crippen LogP contribution in [0.15, 0.2) is 29.6 Å². The number of nitrogens with one attached hydrogen (secondary N) is 1. The summed E-state index contributed by atoms with van der Waals surface area (Å²) >= 11 is 1.62. The Labute approximate surface area is 97.9 Å². The first-order valence-corrected chi connectivity index (χ1v) is 6.35. The van der Waals surface area contributed by atoms with Gasteiger partial charge in [0, 0.05) is 17.9 Å². The molecule has 0 spiro atoms. The Morgan fingerprint density at radius 1 is 1.38 bits per heavy atom. The molecule has 5 heteroatoms. The lowest BCUT2D eigenvalue weighted by atomic mass is 10.4. The fourth-order valence-electron chi connectivity index (χ4n) is 1.48. The van der Waals surface area contributed by atoms with Gasteiger partial charge in [0.1, 0.15) is 5.82 Å². The van der Waals surface area contributed by atoms with Crippen LogP contribution in [0.2, 0.25) is 0 Å². The van der Waals surface area contributed by atoms with Crippen molar-refractivity contribution in [3.63, 3.8) is 0 Å². The van der Waals surface area contributed by atoms with Crippen molar-refractivity contribution in [2.45, 2.75) is 29.7 Å². The highest BCUT2D eigenvalue weighted by Gasteiger charge is 2.27. The third-order valence-corrected chi connectivity index (χ3v) is 3.40. The highest BCUT2D eigenvalue weighted by Crippen LogP contribution is 2.38. The number of aromatic amines is 1. The van der Waals surface area contributed by atoms with Crippen molar-refractivity contribution in [2.24, 2.45) is 0 Å². The van der Waals surface area contributed by atoms with Crippen molar-refractivity contribution in [1.29, 1.82) is 0 Å². The molecule has 0 amide bonds. The molecule has 1 aliphatic rings. The molecule has 0 atom stereocenters. The van der Waals surface area contributed by atoms with E-state index in [-0.39, 0.29) is 0 Å². The van der Waals surface area contributed by atoms with Crippen LogP contribution < -0.4 is 0 Å². The zero-order valence-electron chi connectivity index (χ0n) is 8.76. The summed E-state index contributed by atoms with van der Waals surface area (Å²) in [6.45, 7) is 0. The zero-order chi connectivity index (χ0) is 10.8. The van der Waals surface area contributed by atoms with Gasteiger partial charge in [-0.1, -0.05) is 17.8 Å². The molecule has 16 heavy (non-hydrogen) atoms. The van der Waals surface area contributed by atoms with Gasteiger partial charge in [0.15, 0.2) is 0 Å². The molecule has 1 N–H and O–H groups in total. The lowest BCUT2D eigenvalue weighted by molar-refractivity contribution is 0.932. The van der Waals surface area contributed by atoms with Crippen molar-refractivity contribution in [3.8, 4) is 0 Å².